The van der Waals surface area contributed by atoms with Crippen LogP contribution < -0.4 is 0 Å². The van der Waals surface area contributed by atoms with E-state index < -0.39 is 0 Å². The van der Waals surface area contributed by atoms with Crippen LogP contribution in [0.15, 0.2) is 127 Å². The van der Waals surface area contributed by atoms with Crippen molar-refractivity contribution in [2.75, 3.05) is 0 Å². The lowest BCUT2D eigenvalue weighted by molar-refractivity contribution is 1.27. The molecule has 7 rings (SSSR count). The molecule has 0 aromatic heterocycles. The molecule has 0 amide bonds. The Morgan fingerprint density at radius 2 is 0.744 bits per heavy atom. The maximum atomic E-state index is 2.35. The number of rotatable bonds is 3. The van der Waals surface area contributed by atoms with Gasteiger partial charge in [-0.05, 0) is 103 Å². The zero-order valence-electron chi connectivity index (χ0n) is 22.6. The molecule has 0 saturated heterocycles. The van der Waals surface area contributed by atoms with Gasteiger partial charge in [0.05, 0.1) is 0 Å². The lowest BCUT2D eigenvalue weighted by atomic mass is 9.83. The summed E-state index contributed by atoms with van der Waals surface area (Å²) in [6.07, 6.45) is 0. The molecule has 0 radical (unpaired) electrons. The fourth-order valence-electron chi connectivity index (χ4n) is 6.29. The molecule has 0 saturated carbocycles. The summed E-state index contributed by atoms with van der Waals surface area (Å²) in [6.45, 7) is 6.65. The van der Waals surface area contributed by atoms with Crippen molar-refractivity contribution in [3.05, 3.63) is 144 Å². The predicted molar refractivity (Wildman–Crippen MR) is 169 cm³/mol. The van der Waals surface area contributed by atoms with Crippen LogP contribution >= 0.6 is 0 Å². The Bertz CT molecular complexity index is 1950. The second kappa shape index (κ2) is 9.26. The van der Waals surface area contributed by atoms with Gasteiger partial charge in [0.15, 0.2) is 0 Å². The van der Waals surface area contributed by atoms with Crippen molar-refractivity contribution in [3.63, 3.8) is 0 Å². The van der Waals surface area contributed by atoms with Crippen LogP contribution in [-0.2, 0) is 0 Å². The van der Waals surface area contributed by atoms with Crippen LogP contribution in [0.4, 0.5) is 0 Å². The standard InChI is InChI=1S/C39H30/c1-25-23-29(24-26(2)27(25)3)30-21-22-37(32-16-8-7-15-31(30)32)39-35-19-11-9-17-33(35)38(28-13-5-4-6-14-28)34-18-10-12-20-36(34)39/h4-24H,1-3H3. The van der Waals surface area contributed by atoms with E-state index >= 15 is 0 Å². The molecule has 7 aromatic carbocycles. The van der Waals surface area contributed by atoms with Crippen LogP contribution in [0, 0.1) is 20.8 Å². The van der Waals surface area contributed by atoms with Gasteiger partial charge in [-0.15, -0.1) is 0 Å². The van der Waals surface area contributed by atoms with Gasteiger partial charge in [-0.2, -0.15) is 0 Å². The molecule has 0 fully saturated rings. The van der Waals surface area contributed by atoms with Crippen LogP contribution in [0.3, 0.4) is 0 Å². The van der Waals surface area contributed by atoms with Gasteiger partial charge in [-0.25, -0.2) is 0 Å². The molecular formula is C39H30. The maximum absolute atomic E-state index is 2.35. The fourth-order valence-corrected chi connectivity index (χ4v) is 6.29. The third-order valence-corrected chi connectivity index (χ3v) is 8.43. The van der Waals surface area contributed by atoms with Crippen molar-refractivity contribution in [2.24, 2.45) is 0 Å². The molecule has 0 aliphatic heterocycles. The Kier molecular flexibility index (Phi) is 5.56. The quantitative estimate of drug-likeness (QED) is 0.213. The zero-order chi connectivity index (χ0) is 26.5. The summed E-state index contributed by atoms with van der Waals surface area (Å²) in [7, 11) is 0. The molecule has 0 atom stereocenters. The molecule has 0 heterocycles. The Balaban J connectivity index is 1.59. The number of fused-ring (bicyclic) bond motifs is 3. The van der Waals surface area contributed by atoms with E-state index in [1.54, 1.807) is 0 Å². The van der Waals surface area contributed by atoms with Crippen molar-refractivity contribution in [1.29, 1.82) is 0 Å². The number of benzene rings is 7. The highest BCUT2D eigenvalue weighted by Crippen LogP contribution is 2.46. The first-order valence-corrected chi connectivity index (χ1v) is 13.7. The second-order valence-electron chi connectivity index (χ2n) is 10.6. The van der Waals surface area contributed by atoms with Crippen LogP contribution in [-0.4, -0.2) is 0 Å². The summed E-state index contributed by atoms with van der Waals surface area (Å²) in [5, 5.41) is 7.72. The SMILES string of the molecule is Cc1cc(-c2ccc(-c3c4ccccc4c(-c4ccccc4)c4ccccc34)c3ccccc23)cc(C)c1C. The van der Waals surface area contributed by atoms with Gasteiger partial charge in [0.2, 0.25) is 0 Å². The predicted octanol–water partition coefficient (Wildman–Crippen LogP) is 11.1. The molecule has 186 valence electrons. The van der Waals surface area contributed by atoms with Gasteiger partial charge in [0.25, 0.3) is 0 Å². The van der Waals surface area contributed by atoms with Crippen molar-refractivity contribution >= 4 is 32.3 Å². The first-order chi connectivity index (χ1) is 19.1. The van der Waals surface area contributed by atoms with Gasteiger partial charge >= 0.3 is 0 Å². The summed E-state index contributed by atoms with van der Waals surface area (Å²) >= 11 is 0. The minimum absolute atomic E-state index is 1.25. The highest BCUT2D eigenvalue weighted by atomic mass is 14.2. The molecule has 7 aromatic rings. The smallest absolute Gasteiger partial charge is 0.00201 e. The van der Waals surface area contributed by atoms with Gasteiger partial charge < -0.3 is 0 Å². The minimum atomic E-state index is 1.25. The average molecular weight is 499 g/mol. The molecule has 0 unspecified atom stereocenters. The van der Waals surface area contributed by atoms with Crippen molar-refractivity contribution < 1.29 is 0 Å². The molecule has 0 spiro atoms. The summed E-state index contributed by atoms with van der Waals surface area (Å²) in [5.74, 6) is 0. The fraction of sp³-hybridized carbons (Fsp3) is 0.0769. The van der Waals surface area contributed by atoms with Gasteiger partial charge in [0, 0.05) is 0 Å². The van der Waals surface area contributed by atoms with E-state index in [0.29, 0.717) is 0 Å². The maximum Gasteiger partial charge on any atom is -0.00201 e. The Morgan fingerprint density at radius 3 is 1.28 bits per heavy atom. The van der Waals surface area contributed by atoms with E-state index in [2.05, 4.69) is 148 Å². The van der Waals surface area contributed by atoms with Crippen LogP contribution in [0.25, 0.3) is 65.7 Å². The van der Waals surface area contributed by atoms with Gasteiger partial charge in [0.1, 0.15) is 0 Å². The van der Waals surface area contributed by atoms with E-state index in [-0.39, 0.29) is 0 Å². The van der Waals surface area contributed by atoms with Crippen molar-refractivity contribution in [3.8, 4) is 33.4 Å². The Labute approximate surface area is 230 Å². The summed E-state index contributed by atoms with van der Waals surface area (Å²) in [6, 6.07) is 46.9. The Morgan fingerprint density at radius 1 is 0.333 bits per heavy atom. The molecule has 0 nitrogen and oxygen atoms in total. The van der Waals surface area contributed by atoms with Crippen LogP contribution in [0.2, 0.25) is 0 Å². The normalized spacial score (nSPS) is 11.5. The molecule has 0 bridgehead atoms. The molecule has 0 aliphatic rings. The van der Waals surface area contributed by atoms with Crippen LogP contribution in [0.5, 0.6) is 0 Å². The first kappa shape index (κ1) is 23.4. The first-order valence-electron chi connectivity index (χ1n) is 13.7. The van der Waals surface area contributed by atoms with E-state index in [1.807, 2.05) is 0 Å². The van der Waals surface area contributed by atoms with Crippen LogP contribution in [0.1, 0.15) is 16.7 Å². The van der Waals surface area contributed by atoms with Gasteiger partial charge in [-0.3, -0.25) is 0 Å². The third kappa shape index (κ3) is 3.75. The third-order valence-electron chi connectivity index (χ3n) is 8.43. The highest BCUT2D eigenvalue weighted by molar-refractivity contribution is 6.24. The highest BCUT2D eigenvalue weighted by Gasteiger charge is 2.18. The monoisotopic (exact) mass is 498 g/mol. The van der Waals surface area contributed by atoms with Crippen molar-refractivity contribution in [2.45, 2.75) is 20.8 Å². The van der Waals surface area contributed by atoms with Crippen molar-refractivity contribution in [1.82, 2.24) is 0 Å². The summed E-state index contributed by atoms with van der Waals surface area (Å²) in [5.41, 5.74) is 11.8. The van der Waals surface area contributed by atoms with E-state index in [0.717, 1.165) is 0 Å². The molecule has 0 aliphatic carbocycles. The summed E-state index contributed by atoms with van der Waals surface area (Å²) in [4.78, 5) is 0. The van der Waals surface area contributed by atoms with E-state index in [4.69, 9.17) is 0 Å². The topological polar surface area (TPSA) is 0 Å². The lowest BCUT2D eigenvalue weighted by Gasteiger charge is -2.20. The Hall–Kier alpha value is -4.68. The molecular weight excluding hydrogens is 468 g/mol. The molecule has 39 heavy (non-hydrogen) atoms. The van der Waals surface area contributed by atoms with E-state index in [1.165, 1.54) is 82.4 Å². The van der Waals surface area contributed by atoms with E-state index in [9.17, 15) is 0 Å². The number of aryl methyl sites for hydroxylation is 2. The second-order valence-corrected chi connectivity index (χ2v) is 10.6. The summed E-state index contributed by atoms with van der Waals surface area (Å²) < 4.78 is 0. The molecule has 0 N–H and O–H groups in total. The molecule has 0 heteroatoms. The average Bonchev–Trinajstić information content (AvgIpc) is 2.98. The lowest BCUT2D eigenvalue weighted by Crippen LogP contribution is -1.93. The number of hydrogen-bond acceptors (Lipinski definition) is 0. The van der Waals surface area contributed by atoms with Gasteiger partial charge in [-0.1, -0.05) is 127 Å². The minimum Gasteiger partial charge on any atom is -0.0622 e. The largest absolute Gasteiger partial charge is 0.0622 e. The number of hydrogen-bond donors (Lipinski definition) is 0. The zero-order valence-corrected chi connectivity index (χ0v) is 22.6.